The summed E-state index contributed by atoms with van der Waals surface area (Å²) in [4.78, 5) is 18.4. The Morgan fingerprint density at radius 1 is 1.04 bits per heavy atom. The van der Waals surface area contributed by atoms with Gasteiger partial charge in [0.2, 0.25) is 0 Å². The number of fused-ring (bicyclic) bond motifs is 1. The lowest BCUT2D eigenvalue weighted by atomic mass is 9.92. The minimum Gasteiger partial charge on any atom is -0.355 e. The van der Waals surface area contributed by atoms with Crippen LogP contribution in [0.3, 0.4) is 0 Å². The summed E-state index contributed by atoms with van der Waals surface area (Å²) in [5.74, 6) is 2.98. The van der Waals surface area contributed by atoms with Crippen LogP contribution < -0.4 is 9.80 Å². The molecule has 2 aromatic heterocycles. The Morgan fingerprint density at radius 2 is 1.91 bits per heavy atom. The van der Waals surface area contributed by atoms with Crippen LogP contribution in [0, 0.1) is 19.8 Å². The number of rotatable bonds is 2. The highest BCUT2D eigenvalue weighted by atomic mass is 15.3. The van der Waals surface area contributed by atoms with Gasteiger partial charge in [0.1, 0.15) is 18.0 Å². The number of aromatic nitrogens is 3. The Bertz CT molecular complexity index is 687. The quantitative estimate of drug-likeness (QED) is 0.853. The highest BCUT2D eigenvalue weighted by Crippen LogP contribution is 2.36. The SMILES string of the molecule is Cc1ncnc(N2CCC3CCN(c4ccccn4)CC32)c1C. The van der Waals surface area contributed by atoms with Gasteiger partial charge in [0.25, 0.3) is 0 Å². The molecule has 2 saturated heterocycles. The van der Waals surface area contributed by atoms with Gasteiger partial charge in [-0.2, -0.15) is 0 Å². The average Bonchev–Trinajstić information content (AvgIpc) is 3.01. The predicted molar refractivity (Wildman–Crippen MR) is 91.8 cm³/mol. The molecule has 2 fully saturated rings. The van der Waals surface area contributed by atoms with Gasteiger partial charge in [-0.15, -0.1) is 0 Å². The minimum absolute atomic E-state index is 0.527. The molecule has 0 aliphatic carbocycles. The molecule has 23 heavy (non-hydrogen) atoms. The Morgan fingerprint density at radius 3 is 2.74 bits per heavy atom. The Labute approximate surface area is 137 Å². The van der Waals surface area contributed by atoms with E-state index in [1.54, 1.807) is 6.33 Å². The molecule has 0 saturated carbocycles. The van der Waals surface area contributed by atoms with Gasteiger partial charge in [0.05, 0.1) is 6.04 Å². The number of hydrogen-bond acceptors (Lipinski definition) is 5. The maximum absolute atomic E-state index is 4.59. The van der Waals surface area contributed by atoms with Crippen molar-refractivity contribution >= 4 is 11.6 Å². The number of aryl methyl sites for hydroxylation is 1. The van der Waals surface area contributed by atoms with Crippen molar-refractivity contribution in [3.8, 4) is 0 Å². The van der Waals surface area contributed by atoms with E-state index in [9.17, 15) is 0 Å². The van der Waals surface area contributed by atoms with Crippen LogP contribution in [0.2, 0.25) is 0 Å². The first-order valence-electron chi connectivity index (χ1n) is 8.45. The number of anilines is 2. The lowest BCUT2D eigenvalue weighted by Gasteiger charge is -2.39. The van der Waals surface area contributed by atoms with Gasteiger partial charge >= 0.3 is 0 Å². The van der Waals surface area contributed by atoms with Crippen molar-refractivity contribution < 1.29 is 0 Å². The smallest absolute Gasteiger partial charge is 0.135 e. The zero-order valence-electron chi connectivity index (χ0n) is 13.8. The first-order valence-corrected chi connectivity index (χ1v) is 8.45. The normalized spacial score (nSPS) is 23.9. The summed E-state index contributed by atoms with van der Waals surface area (Å²) < 4.78 is 0. The molecule has 5 heteroatoms. The minimum atomic E-state index is 0.527. The molecule has 2 unspecified atom stereocenters. The molecule has 0 bridgehead atoms. The summed E-state index contributed by atoms with van der Waals surface area (Å²) in [5, 5.41) is 0. The molecule has 0 amide bonds. The molecule has 2 atom stereocenters. The fraction of sp³-hybridized carbons (Fsp3) is 0.500. The van der Waals surface area contributed by atoms with Gasteiger partial charge in [-0.25, -0.2) is 15.0 Å². The topological polar surface area (TPSA) is 45.2 Å². The molecule has 5 nitrogen and oxygen atoms in total. The molecule has 4 rings (SSSR count). The van der Waals surface area contributed by atoms with Crippen LogP contribution >= 0.6 is 0 Å². The second-order valence-electron chi connectivity index (χ2n) is 6.64. The second-order valence-corrected chi connectivity index (χ2v) is 6.64. The Kier molecular flexibility index (Phi) is 3.63. The van der Waals surface area contributed by atoms with E-state index < -0.39 is 0 Å². The van der Waals surface area contributed by atoms with E-state index in [0.717, 1.165) is 42.9 Å². The fourth-order valence-corrected chi connectivity index (χ4v) is 3.97. The highest BCUT2D eigenvalue weighted by molar-refractivity contribution is 5.51. The van der Waals surface area contributed by atoms with Crippen molar-refractivity contribution in [3.05, 3.63) is 42.0 Å². The number of hydrogen-bond donors (Lipinski definition) is 0. The van der Waals surface area contributed by atoms with Crippen LogP contribution in [0.25, 0.3) is 0 Å². The second kappa shape index (κ2) is 5.80. The van der Waals surface area contributed by atoms with E-state index >= 15 is 0 Å². The third kappa shape index (κ3) is 2.54. The van der Waals surface area contributed by atoms with Gasteiger partial charge in [-0.3, -0.25) is 0 Å². The Hall–Kier alpha value is -2.17. The molecule has 120 valence electrons. The maximum Gasteiger partial charge on any atom is 0.135 e. The number of pyridine rings is 1. The molecule has 0 N–H and O–H groups in total. The van der Waals surface area contributed by atoms with E-state index in [0.29, 0.717) is 6.04 Å². The molecule has 0 spiro atoms. The van der Waals surface area contributed by atoms with Crippen molar-refractivity contribution in [2.24, 2.45) is 5.92 Å². The third-order valence-corrected chi connectivity index (χ3v) is 5.42. The van der Waals surface area contributed by atoms with E-state index in [2.05, 4.69) is 50.7 Å². The first kappa shape index (κ1) is 14.4. The zero-order chi connectivity index (χ0) is 15.8. The molecule has 2 aliphatic rings. The van der Waals surface area contributed by atoms with Crippen molar-refractivity contribution in [1.82, 2.24) is 15.0 Å². The summed E-state index contributed by atoms with van der Waals surface area (Å²) in [6.07, 6.45) is 6.08. The van der Waals surface area contributed by atoms with Gasteiger partial charge in [-0.05, 0) is 44.7 Å². The highest BCUT2D eigenvalue weighted by Gasteiger charge is 2.39. The van der Waals surface area contributed by atoms with Crippen LogP contribution in [-0.2, 0) is 0 Å². The van der Waals surface area contributed by atoms with Crippen LogP contribution in [0.4, 0.5) is 11.6 Å². The van der Waals surface area contributed by atoms with Crippen molar-refractivity contribution in [3.63, 3.8) is 0 Å². The van der Waals surface area contributed by atoms with Crippen molar-refractivity contribution in [1.29, 1.82) is 0 Å². The maximum atomic E-state index is 4.59. The molecule has 2 aromatic rings. The summed E-state index contributed by atoms with van der Waals surface area (Å²) in [7, 11) is 0. The average molecular weight is 309 g/mol. The van der Waals surface area contributed by atoms with Gasteiger partial charge in [-0.1, -0.05) is 6.07 Å². The summed E-state index contributed by atoms with van der Waals surface area (Å²) in [6, 6.07) is 6.68. The fourth-order valence-electron chi connectivity index (χ4n) is 3.97. The van der Waals surface area contributed by atoms with Crippen molar-refractivity contribution in [2.45, 2.75) is 32.7 Å². The molecular formula is C18H23N5. The third-order valence-electron chi connectivity index (χ3n) is 5.42. The Balaban J connectivity index is 1.60. The molecule has 4 heterocycles. The van der Waals surface area contributed by atoms with Crippen LogP contribution in [0.5, 0.6) is 0 Å². The summed E-state index contributed by atoms with van der Waals surface area (Å²) >= 11 is 0. The lowest BCUT2D eigenvalue weighted by molar-refractivity contribution is 0.388. The first-order chi connectivity index (χ1) is 11.2. The number of piperidine rings is 1. The van der Waals surface area contributed by atoms with E-state index in [4.69, 9.17) is 0 Å². The molecule has 0 aromatic carbocycles. The zero-order valence-corrected chi connectivity index (χ0v) is 13.8. The predicted octanol–water partition coefficient (Wildman–Crippen LogP) is 2.59. The van der Waals surface area contributed by atoms with Gasteiger partial charge < -0.3 is 9.80 Å². The van der Waals surface area contributed by atoms with Crippen LogP contribution in [0.15, 0.2) is 30.7 Å². The van der Waals surface area contributed by atoms with Crippen LogP contribution in [0.1, 0.15) is 24.1 Å². The number of nitrogens with zero attached hydrogens (tertiary/aromatic N) is 5. The van der Waals surface area contributed by atoms with Gasteiger partial charge in [0.15, 0.2) is 0 Å². The van der Waals surface area contributed by atoms with E-state index in [-0.39, 0.29) is 0 Å². The molecule has 2 aliphatic heterocycles. The monoisotopic (exact) mass is 309 g/mol. The molecule has 0 radical (unpaired) electrons. The molecular weight excluding hydrogens is 286 g/mol. The lowest BCUT2D eigenvalue weighted by Crippen LogP contribution is -2.49. The van der Waals surface area contributed by atoms with E-state index in [1.807, 2.05) is 12.3 Å². The summed E-state index contributed by atoms with van der Waals surface area (Å²) in [6.45, 7) is 7.44. The standard InChI is InChI=1S/C18H23N5/c1-13-14(2)20-12-21-18(13)23-10-7-15-6-9-22(11-16(15)23)17-5-3-4-8-19-17/h3-5,8,12,15-16H,6-7,9-11H2,1-2H3. The summed E-state index contributed by atoms with van der Waals surface area (Å²) in [5.41, 5.74) is 2.29. The van der Waals surface area contributed by atoms with Crippen molar-refractivity contribution in [2.75, 3.05) is 29.4 Å². The van der Waals surface area contributed by atoms with Gasteiger partial charge in [0, 0.05) is 37.1 Å². The van der Waals surface area contributed by atoms with Crippen LogP contribution in [-0.4, -0.2) is 40.6 Å². The largest absolute Gasteiger partial charge is 0.355 e. The van der Waals surface area contributed by atoms with E-state index in [1.165, 1.54) is 18.4 Å².